The molecule has 0 atom stereocenters. The molecule has 0 radical (unpaired) electrons. The fourth-order valence-electron chi connectivity index (χ4n) is 5.42. The second-order valence-electron chi connectivity index (χ2n) is 9.70. The minimum absolute atomic E-state index is 0.0144. The van der Waals surface area contributed by atoms with Gasteiger partial charge in [0.1, 0.15) is 0 Å². The first-order valence-electron chi connectivity index (χ1n) is 12.4. The van der Waals surface area contributed by atoms with Crippen LogP contribution in [-0.4, -0.2) is 15.4 Å². The number of thioether (sulfide) groups is 1. The zero-order valence-electron chi connectivity index (χ0n) is 20.6. The summed E-state index contributed by atoms with van der Waals surface area (Å²) in [6, 6.07) is 28.4. The van der Waals surface area contributed by atoms with Gasteiger partial charge < -0.3 is 4.57 Å². The lowest BCUT2D eigenvalue weighted by atomic mass is 9.99. The number of hydrogen-bond donors (Lipinski definition) is 0. The van der Waals surface area contributed by atoms with Gasteiger partial charge >= 0.3 is 6.18 Å². The molecule has 0 bridgehead atoms. The highest BCUT2D eigenvalue weighted by atomic mass is 32.2. The van der Waals surface area contributed by atoms with Crippen LogP contribution in [0.15, 0.2) is 97.2 Å². The van der Waals surface area contributed by atoms with Crippen LogP contribution >= 0.6 is 11.8 Å². The fourth-order valence-corrected chi connectivity index (χ4v) is 6.39. The van der Waals surface area contributed by atoms with Crippen LogP contribution in [0.5, 0.6) is 0 Å². The van der Waals surface area contributed by atoms with Crippen molar-refractivity contribution in [3.63, 3.8) is 0 Å². The van der Waals surface area contributed by atoms with E-state index in [2.05, 4.69) is 24.3 Å². The number of aryl methyl sites for hydroxylation is 1. The van der Waals surface area contributed by atoms with Crippen LogP contribution in [0.1, 0.15) is 44.1 Å². The number of halogens is 3. The van der Waals surface area contributed by atoms with Crippen molar-refractivity contribution in [2.75, 3.05) is 5.75 Å². The van der Waals surface area contributed by atoms with Gasteiger partial charge in [-0.05, 0) is 65.1 Å². The van der Waals surface area contributed by atoms with Crippen LogP contribution in [0, 0.1) is 6.92 Å². The highest BCUT2D eigenvalue weighted by Gasteiger charge is 2.33. The van der Waals surface area contributed by atoms with E-state index in [9.17, 15) is 18.0 Å². The minimum Gasteiger partial charge on any atom is -0.343 e. The topological polar surface area (TPSA) is 22.0 Å². The standard InChI is InChI=1S/C32H24F3NOS/c1-20-10-11-23(29(16-20)32(33,34)35)18-36-15-14-21-17-22(12-13-30(21)36)31(37)38-19-28-26-8-4-2-6-24(26)25-7-3-5-9-27(25)28/h2-17,28H,18-19H2,1H3. The van der Waals surface area contributed by atoms with E-state index in [1.54, 1.807) is 29.8 Å². The summed E-state index contributed by atoms with van der Waals surface area (Å²) in [4.78, 5) is 13.2. The first-order valence-corrected chi connectivity index (χ1v) is 13.4. The molecule has 0 unspecified atom stereocenters. The Hall–Kier alpha value is -3.77. The summed E-state index contributed by atoms with van der Waals surface area (Å²) in [6.45, 7) is 1.76. The molecule has 6 rings (SSSR count). The zero-order chi connectivity index (χ0) is 26.4. The number of benzene rings is 4. The molecule has 2 nitrogen and oxygen atoms in total. The highest BCUT2D eigenvalue weighted by molar-refractivity contribution is 8.14. The van der Waals surface area contributed by atoms with Gasteiger partial charge in [0.25, 0.3) is 0 Å². The van der Waals surface area contributed by atoms with Crippen molar-refractivity contribution in [2.24, 2.45) is 0 Å². The molecule has 0 saturated carbocycles. The predicted octanol–water partition coefficient (Wildman–Crippen LogP) is 8.70. The van der Waals surface area contributed by atoms with Gasteiger partial charge in [-0.1, -0.05) is 78.0 Å². The monoisotopic (exact) mass is 527 g/mol. The van der Waals surface area contributed by atoms with Crippen molar-refractivity contribution in [1.82, 2.24) is 4.57 Å². The molecule has 1 aromatic heterocycles. The quantitative estimate of drug-likeness (QED) is 0.228. The second kappa shape index (κ2) is 9.52. The Morgan fingerprint density at radius 1 is 0.868 bits per heavy atom. The maximum absolute atomic E-state index is 13.6. The molecule has 0 saturated heterocycles. The van der Waals surface area contributed by atoms with Gasteiger partial charge in [0.2, 0.25) is 5.12 Å². The van der Waals surface area contributed by atoms with Crippen molar-refractivity contribution >= 4 is 27.8 Å². The van der Waals surface area contributed by atoms with Crippen molar-refractivity contribution in [3.8, 4) is 11.1 Å². The number of hydrogen-bond acceptors (Lipinski definition) is 2. The summed E-state index contributed by atoms with van der Waals surface area (Å²) in [5.41, 5.74) is 6.50. The normalized spacial score (nSPS) is 13.1. The Labute approximate surface area is 223 Å². The van der Waals surface area contributed by atoms with Gasteiger partial charge in [-0.15, -0.1) is 0 Å². The molecule has 0 N–H and O–H groups in total. The summed E-state index contributed by atoms with van der Waals surface area (Å²) in [6.07, 6.45) is -2.64. The first-order chi connectivity index (χ1) is 18.3. The van der Waals surface area contributed by atoms with Crippen molar-refractivity contribution in [1.29, 1.82) is 0 Å². The van der Waals surface area contributed by atoms with Crippen LogP contribution in [0.2, 0.25) is 0 Å². The van der Waals surface area contributed by atoms with Crippen LogP contribution < -0.4 is 0 Å². The van der Waals surface area contributed by atoms with Gasteiger partial charge in [-0.3, -0.25) is 4.79 Å². The maximum Gasteiger partial charge on any atom is 0.416 e. The Balaban J connectivity index is 1.22. The average Bonchev–Trinajstić information content (AvgIpc) is 3.46. The number of carbonyl (C=O) groups excluding carboxylic acids is 1. The lowest BCUT2D eigenvalue weighted by molar-refractivity contribution is -0.138. The summed E-state index contributed by atoms with van der Waals surface area (Å²) >= 11 is 1.31. The van der Waals surface area contributed by atoms with Crippen LogP contribution in [0.3, 0.4) is 0 Å². The molecule has 0 fully saturated rings. The van der Waals surface area contributed by atoms with Crippen molar-refractivity contribution < 1.29 is 18.0 Å². The van der Waals surface area contributed by atoms with Gasteiger partial charge in [-0.25, -0.2) is 0 Å². The Bertz CT molecular complexity index is 1640. The van der Waals surface area contributed by atoms with Gasteiger partial charge in [0.15, 0.2) is 0 Å². The van der Waals surface area contributed by atoms with E-state index in [1.165, 1.54) is 46.1 Å². The molecule has 0 amide bonds. The number of rotatable bonds is 5. The third kappa shape index (κ3) is 4.43. The van der Waals surface area contributed by atoms with Gasteiger partial charge in [0, 0.05) is 40.9 Å². The Kier molecular flexibility index (Phi) is 6.15. The Morgan fingerprint density at radius 2 is 1.55 bits per heavy atom. The summed E-state index contributed by atoms with van der Waals surface area (Å²) in [5, 5.41) is 0.813. The third-order valence-electron chi connectivity index (χ3n) is 7.26. The number of aromatic nitrogens is 1. The molecule has 1 aliphatic rings. The lowest BCUT2D eigenvalue weighted by Crippen LogP contribution is -2.12. The van der Waals surface area contributed by atoms with E-state index < -0.39 is 11.7 Å². The van der Waals surface area contributed by atoms with E-state index in [4.69, 9.17) is 0 Å². The number of carbonyl (C=O) groups is 1. The smallest absolute Gasteiger partial charge is 0.343 e. The van der Waals surface area contributed by atoms with Crippen molar-refractivity contribution in [3.05, 3.63) is 131 Å². The van der Waals surface area contributed by atoms with Crippen LogP contribution in [-0.2, 0) is 12.7 Å². The highest BCUT2D eigenvalue weighted by Crippen LogP contribution is 2.46. The SMILES string of the molecule is Cc1ccc(Cn2ccc3cc(C(=O)SCC4c5ccccc5-c5ccccc54)ccc32)c(C(F)(F)F)c1. The van der Waals surface area contributed by atoms with E-state index in [-0.39, 0.29) is 23.1 Å². The van der Waals surface area contributed by atoms with E-state index >= 15 is 0 Å². The third-order valence-corrected chi connectivity index (χ3v) is 8.26. The summed E-state index contributed by atoms with van der Waals surface area (Å²) in [7, 11) is 0. The van der Waals surface area contributed by atoms with Crippen LogP contribution in [0.4, 0.5) is 13.2 Å². The number of fused-ring (bicyclic) bond motifs is 4. The molecular formula is C32H24F3NOS. The van der Waals surface area contributed by atoms with E-state index in [0.717, 1.165) is 10.9 Å². The number of nitrogens with zero attached hydrogens (tertiary/aromatic N) is 1. The maximum atomic E-state index is 13.6. The molecular weight excluding hydrogens is 503 g/mol. The Morgan fingerprint density at radius 3 is 2.24 bits per heavy atom. The fraction of sp³-hybridized carbons (Fsp3) is 0.156. The molecule has 1 heterocycles. The van der Waals surface area contributed by atoms with E-state index in [0.29, 0.717) is 16.9 Å². The van der Waals surface area contributed by atoms with Crippen LogP contribution in [0.25, 0.3) is 22.0 Å². The first kappa shape index (κ1) is 24.6. The molecule has 0 spiro atoms. The summed E-state index contributed by atoms with van der Waals surface area (Å²) in [5.74, 6) is 0.790. The van der Waals surface area contributed by atoms with E-state index in [1.807, 2.05) is 42.5 Å². The molecule has 190 valence electrons. The number of alkyl halides is 3. The van der Waals surface area contributed by atoms with Gasteiger partial charge in [-0.2, -0.15) is 13.2 Å². The van der Waals surface area contributed by atoms with Gasteiger partial charge in [0.05, 0.1) is 5.56 Å². The minimum atomic E-state index is -4.42. The molecule has 38 heavy (non-hydrogen) atoms. The largest absolute Gasteiger partial charge is 0.416 e. The lowest BCUT2D eigenvalue weighted by Gasteiger charge is -2.15. The molecule has 6 heteroatoms. The molecule has 4 aromatic carbocycles. The second-order valence-corrected chi connectivity index (χ2v) is 10.7. The summed E-state index contributed by atoms with van der Waals surface area (Å²) < 4.78 is 42.6. The molecule has 1 aliphatic carbocycles. The van der Waals surface area contributed by atoms with Crippen molar-refractivity contribution in [2.45, 2.75) is 25.6 Å². The average molecular weight is 528 g/mol. The molecule has 0 aliphatic heterocycles. The zero-order valence-corrected chi connectivity index (χ0v) is 21.4. The molecule has 5 aromatic rings. The predicted molar refractivity (Wildman–Crippen MR) is 148 cm³/mol.